The normalized spacial score (nSPS) is 19.3. The standard InChI is InChI=1S/C55H98O11/c1-3-5-7-9-11-13-15-17-19-21-23-24-26-28-30-32-34-36-38-40-42-44-49(57)65-47(46-64-55-52(60)50(58)51(59)53(66-55)54(61)62)45-63-48(56)43-41-39-37-35-33-31-29-27-25-22-20-18-16-14-12-10-8-6-4-2/h12,14,18,20,25,27,47,50-53,55,58-60H,3-11,13,15-17,19,21-24,26,28-46H2,1-2H3,(H,61,62)/b14-12-,20-18-,27-25-. The van der Waals surface area contributed by atoms with E-state index < -0.39 is 61.3 Å². The van der Waals surface area contributed by atoms with Gasteiger partial charge < -0.3 is 39.4 Å². The molecule has 1 aliphatic heterocycles. The van der Waals surface area contributed by atoms with Crippen molar-refractivity contribution < 1.29 is 53.8 Å². The van der Waals surface area contributed by atoms with Crippen LogP contribution in [0.25, 0.3) is 0 Å². The van der Waals surface area contributed by atoms with Crippen LogP contribution in [0.2, 0.25) is 0 Å². The average molecular weight is 935 g/mol. The van der Waals surface area contributed by atoms with Crippen LogP contribution in [0.5, 0.6) is 0 Å². The Hall–Kier alpha value is -2.57. The van der Waals surface area contributed by atoms with Crippen LogP contribution in [0, 0.1) is 0 Å². The Labute approximate surface area is 401 Å². The molecular weight excluding hydrogens is 837 g/mol. The highest BCUT2D eigenvalue weighted by Gasteiger charge is 2.47. The van der Waals surface area contributed by atoms with Crippen LogP contribution in [0.15, 0.2) is 36.5 Å². The van der Waals surface area contributed by atoms with E-state index in [9.17, 15) is 34.8 Å². The van der Waals surface area contributed by atoms with Crippen LogP contribution in [-0.2, 0) is 33.3 Å². The van der Waals surface area contributed by atoms with Crippen LogP contribution in [0.1, 0.15) is 245 Å². The molecule has 0 amide bonds. The fourth-order valence-electron chi connectivity index (χ4n) is 8.24. The molecule has 6 atom stereocenters. The molecule has 0 aromatic heterocycles. The van der Waals surface area contributed by atoms with Gasteiger partial charge in [-0.05, 0) is 51.4 Å². The first kappa shape index (κ1) is 61.4. The molecule has 0 spiro atoms. The van der Waals surface area contributed by atoms with Crippen LogP contribution in [0.4, 0.5) is 0 Å². The molecule has 0 radical (unpaired) electrons. The van der Waals surface area contributed by atoms with Crippen LogP contribution in [0.3, 0.4) is 0 Å². The smallest absolute Gasteiger partial charge is 0.335 e. The maximum atomic E-state index is 12.9. The molecule has 11 heteroatoms. The summed E-state index contributed by atoms with van der Waals surface area (Å²) in [7, 11) is 0. The van der Waals surface area contributed by atoms with Crippen molar-refractivity contribution in [1.82, 2.24) is 0 Å². The number of esters is 2. The second kappa shape index (κ2) is 44.9. The summed E-state index contributed by atoms with van der Waals surface area (Å²) in [5.41, 5.74) is 0. The van der Waals surface area contributed by atoms with Gasteiger partial charge in [-0.1, -0.05) is 217 Å². The molecule has 66 heavy (non-hydrogen) atoms. The predicted octanol–water partition coefficient (Wildman–Crippen LogP) is 13.1. The third-order valence-electron chi connectivity index (χ3n) is 12.5. The largest absolute Gasteiger partial charge is 0.479 e. The molecule has 0 bridgehead atoms. The summed E-state index contributed by atoms with van der Waals surface area (Å²) in [6, 6.07) is 0. The van der Waals surface area contributed by atoms with E-state index in [-0.39, 0.29) is 19.4 Å². The topological polar surface area (TPSA) is 169 Å². The Morgan fingerprint density at radius 1 is 0.470 bits per heavy atom. The number of aliphatic carboxylic acids is 1. The van der Waals surface area contributed by atoms with Crippen molar-refractivity contribution in [3.05, 3.63) is 36.5 Å². The molecule has 0 aliphatic carbocycles. The molecule has 11 nitrogen and oxygen atoms in total. The fraction of sp³-hybridized carbons (Fsp3) is 0.836. The van der Waals surface area contributed by atoms with Crippen molar-refractivity contribution in [3.63, 3.8) is 0 Å². The van der Waals surface area contributed by atoms with E-state index in [0.29, 0.717) is 12.8 Å². The van der Waals surface area contributed by atoms with Gasteiger partial charge in [0.2, 0.25) is 0 Å². The first-order valence-electron chi connectivity index (χ1n) is 27.0. The number of carbonyl (C=O) groups is 3. The van der Waals surface area contributed by atoms with Gasteiger partial charge in [0.15, 0.2) is 18.5 Å². The van der Waals surface area contributed by atoms with Crippen LogP contribution in [-0.4, -0.2) is 88.4 Å². The third-order valence-corrected chi connectivity index (χ3v) is 12.5. The van der Waals surface area contributed by atoms with Gasteiger partial charge >= 0.3 is 17.9 Å². The second-order valence-electron chi connectivity index (χ2n) is 18.7. The molecule has 0 aromatic carbocycles. The molecule has 1 fully saturated rings. The maximum absolute atomic E-state index is 12.9. The van der Waals surface area contributed by atoms with E-state index in [1.54, 1.807) is 0 Å². The Morgan fingerprint density at radius 3 is 1.30 bits per heavy atom. The van der Waals surface area contributed by atoms with E-state index in [2.05, 4.69) is 50.3 Å². The number of carboxylic acids is 1. The molecular formula is C55H98O11. The van der Waals surface area contributed by atoms with Crippen LogP contribution < -0.4 is 0 Å². The summed E-state index contributed by atoms with van der Waals surface area (Å²) in [5.74, 6) is -2.45. The molecule has 384 valence electrons. The number of allylic oxidation sites excluding steroid dienone is 6. The van der Waals surface area contributed by atoms with Crippen molar-refractivity contribution in [3.8, 4) is 0 Å². The van der Waals surface area contributed by atoms with Gasteiger partial charge in [0.05, 0.1) is 6.61 Å². The fourth-order valence-corrected chi connectivity index (χ4v) is 8.24. The summed E-state index contributed by atoms with van der Waals surface area (Å²) in [4.78, 5) is 37.0. The first-order chi connectivity index (χ1) is 32.2. The molecule has 4 N–H and O–H groups in total. The van der Waals surface area contributed by atoms with Crippen LogP contribution >= 0.6 is 0 Å². The molecule has 1 rings (SSSR count). The molecule has 1 heterocycles. The summed E-state index contributed by atoms with van der Waals surface area (Å²) in [5, 5.41) is 40.0. The number of carbonyl (C=O) groups excluding carboxylic acids is 2. The number of aliphatic hydroxyl groups is 3. The first-order valence-corrected chi connectivity index (χ1v) is 27.0. The number of rotatable bonds is 46. The molecule has 0 saturated carbocycles. The zero-order valence-corrected chi connectivity index (χ0v) is 41.9. The Morgan fingerprint density at radius 2 is 0.848 bits per heavy atom. The van der Waals surface area contributed by atoms with Gasteiger partial charge in [-0.15, -0.1) is 0 Å². The van der Waals surface area contributed by atoms with Gasteiger partial charge in [0, 0.05) is 12.8 Å². The minimum atomic E-state index is -1.86. The van der Waals surface area contributed by atoms with E-state index in [4.69, 9.17) is 18.9 Å². The Bertz CT molecular complexity index is 1240. The lowest BCUT2D eigenvalue weighted by molar-refractivity contribution is -0.298. The quantitative estimate of drug-likeness (QED) is 0.0260. The lowest BCUT2D eigenvalue weighted by Gasteiger charge is -2.38. The number of aliphatic hydroxyl groups excluding tert-OH is 3. The summed E-state index contributed by atoms with van der Waals surface area (Å²) in [6.07, 6.45) is 44.8. The van der Waals surface area contributed by atoms with E-state index >= 15 is 0 Å². The highest BCUT2D eigenvalue weighted by atomic mass is 16.7. The molecule has 1 saturated heterocycles. The van der Waals surface area contributed by atoms with Gasteiger partial charge in [-0.25, -0.2) is 4.79 Å². The zero-order valence-electron chi connectivity index (χ0n) is 41.9. The van der Waals surface area contributed by atoms with Crippen molar-refractivity contribution in [2.24, 2.45) is 0 Å². The summed E-state index contributed by atoms with van der Waals surface area (Å²) in [6.45, 7) is 3.82. The van der Waals surface area contributed by atoms with Gasteiger partial charge in [-0.3, -0.25) is 9.59 Å². The lowest BCUT2D eigenvalue weighted by atomic mass is 9.99. The Balaban J connectivity index is 2.28. The van der Waals surface area contributed by atoms with E-state index in [1.165, 1.54) is 135 Å². The highest BCUT2D eigenvalue weighted by Crippen LogP contribution is 2.23. The number of hydrogen-bond acceptors (Lipinski definition) is 10. The van der Waals surface area contributed by atoms with E-state index in [1.807, 2.05) is 0 Å². The summed E-state index contributed by atoms with van der Waals surface area (Å²) >= 11 is 0. The number of hydrogen-bond donors (Lipinski definition) is 4. The SMILES string of the molecule is CCCCC/C=C\C/C=C\C/C=C\CCCCCCCCC(=O)OCC(COC1OC(C(=O)O)C(O)C(O)C1O)OC(=O)CCCCCCCCCCCCCCCCCCCCCCC. The van der Waals surface area contributed by atoms with Crippen molar-refractivity contribution in [1.29, 1.82) is 0 Å². The monoisotopic (exact) mass is 935 g/mol. The minimum absolute atomic E-state index is 0.184. The predicted molar refractivity (Wildman–Crippen MR) is 266 cm³/mol. The lowest BCUT2D eigenvalue weighted by Crippen LogP contribution is -2.60. The van der Waals surface area contributed by atoms with Crippen molar-refractivity contribution in [2.45, 2.75) is 282 Å². The van der Waals surface area contributed by atoms with Crippen molar-refractivity contribution in [2.75, 3.05) is 13.2 Å². The van der Waals surface area contributed by atoms with Gasteiger partial charge in [0.1, 0.15) is 24.9 Å². The summed E-state index contributed by atoms with van der Waals surface area (Å²) < 4.78 is 21.8. The number of ether oxygens (including phenoxy) is 4. The molecule has 0 aromatic rings. The molecule has 1 aliphatic rings. The third kappa shape index (κ3) is 35.6. The minimum Gasteiger partial charge on any atom is -0.479 e. The highest BCUT2D eigenvalue weighted by molar-refractivity contribution is 5.73. The molecule has 6 unspecified atom stereocenters. The van der Waals surface area contributed by atoms with E-state index in [0.717, 1.165) is 70.6 Å². The zero-order chi connectivity index (χ0) is 48.1. The maximum Gasteiger partial charge on any atom is 0.335 e. The number of carboxylic acid groups (broad SMARTS) is 1. The van der Waals surface area contributed by atoms with Gasteiger partial charge in [0.25, 0.3) is 0 Å². The second-order valence-corrected chi connectivity index (χ2v) is 18.7. The average Bonchev–Trinajstić information content (AvgIpc) is 3.30. The number of unbranched alkanes of at least 4 members (excludes halogenated alkanes) is 29. The van der Waals surface area contributed by atoms with Crippen molar-refractivity contribution >= 4 is 17.9 Å². The Kier molecular flexibility index (Phi) is 41.8. The van der Waals surface area contributed by atoms with Gasteiger partial charge in [-0.2, -0.15) is 0 Å².